The number of carboxylic acids is 1. The van der Waals surface area contributed by atoms with Gasteiger partial charge in [-0.25, -0.2) is 14.6 Å². The summed E-state index contributed by atoms with van der Waals surface area (Å²) in [5, 5.41) is 9.60. The summed E-state index contributed by atoms with van der Waals surface area (Å²) in [6.07, 6.45) is 1.70. The Labute approximate surface area is 214 Å². The zero-order chi connectivity index (χ0) is 25.5. The monoisotopic (exact) mass is 562 g/mol. The zero-order valence-corrected chi connectivity index (χ0v) is 21.6. The van der Waals surface area contributed by atoms with Crippen LogP contribution in [0.3, 0.4) is 0 Å². The topological polar surface area (TPSA) is 115 Å². The summed E-state index contributed by atoms with van der Waals surface area (Å²) in [7, 11) is 1.60. The average Bonchev–Trinajstić information content (AvgIpc) is 3.06. The molecule has 9 nitrogen and oxygen atoms in total. The van der Waals surface area contributed by atoms with Crippen LogP contribution in [0.2, 0.25) is 0 Å². The fourth-order valence-electron chi connectivity index (χ4n) is 3.03. The molecule has 1 N–H and O–H groups in total. The maximum atomic E-state index is 12.8. The lowest BCUT2D eigenvalue weighted by atomic mass is 10.2. The van der Waals surface area contributed by atoms with Crippen LogP contribution in [0.25, 0.3) is 6.08 Å². The first-order chi connectivity index (χ1) is 16.7. The Kier molecular flexibility index (Phi) is 8.94. The smallest absolute Gasteiger partial charge is 0.344 e. The SMILES string of the molecule is CCOC(=O)COc1c(Br)cc(C=C2SC(=Nc3cccc(C(=O)O)c3)N(C)C2=O)cc1OCC. The third-order valence-corrected chi connectivity index (χ3v) is 6.24. The van der Waals surface area contributed by atoms with Gasteiger partial charge in [0.2, 0.25) is 0 Å². The minimum atomic E-state index is -1.05. The number of esters is 1. The highest BCUT2D eigenvalue weighted by Crippen LogP contribution is 2.39. The molecule has 0 atom stereocenters. The van der Waals surface area contributed by atoms with Crippen molar-refractivity contribution in [2.75, 3.05) is 26.9 Å². The molecular weight excluding hydrogens is 540 g/mol. The lowest BCUT2D eigenvalue weighted by Crippen LogP contribution is -2.23. The fourth-order valence-corrected chi connectivity index (χ4v) is 4.59. The number of carbonyl (C=O) groups is 3. The van der Waals surface area contributed by atoms with E-state index >= 15 is 0 Å². The van der Waals surface area contributed by atoms with Crippen LogP contribution in [0, 0.1) is 0 Å². The van der Waals surface area contributed by atoms with E-state index in [9.17, 15) is 19.5 Å². The van der Waals surface area contributed by atoms with E-state index in [1.807, 2.05) is 6.92 Å². The Morgan fingerprint density at radius 1 is 1.17 bits per heavy atom. The van der Waals surface area contributed by atoms with Crippen LogP contribution in [-0.2, 0) is 14.3 Å². The number of benzene rings is 2. The normalized spacial score (nSPS) is 15.5. The van der Waals surface area contributed by atoms with Crippen molar-refractivity contribution in [1.82, 2.24) is 4.90 Å². The molecule has 2 aromatic carbocycles. The average molecular weight is 563 g/mol. The number of rotatable bonds is 9. The molecule has 1 heterocycles. The molecule has 1 saturated heterocycles. The van der Waals surface area contributed by atoms with E-state index in [2.05, 4.69) is 20.9 Å². The van der Waals surface area contributed by atoms with Crippen molar-refractivity contribution in [3.05, 3.63) is 56.9 Å². The van der Waals surface area contributed by atoms with Gasteiger partial charge in [-0.15, -0.1) is 0 Å². The number of likely N-dealkylation sites (N-methyl/N-ethyl adjacent to an activating group) is 1. The molecule has 0 aliphatic carbocycles. The molecule has 11 heteroatoms. The number of halogens is 1. The first kappa shape index (κ1) is 26.3. The van der Waals surface area contributed by atoms with Crippen LogP contribution in [0.15, 0.2) is 50.8 Å². The molecule has 2 aromatic rings. The maximum Gasteiger partial charge on any atom is 0.344 e. The van der Waals surface area contributed by atoms with Crippen molar-refractivity contribution < 1.29 is 33.7 Å². The molecule has 0 radical (unpaired) electrons. The molecule has 0 bridgehead atoms. The van der Waals surface area contributed by atoms with Crippen molar-refractivity contribution in [2.45, 2.75) is 13.8 Å². The highest BCUT2D eigenvalue weighted by molar-refractivity contribution is 9.10. The van der Waals surface area contributed by atoms with Crippen LogP contribution in [0.1, 0.15) is 29.8 Å². The maximum absolute atomic E-state index is 12.8. The van der Waals surface area contributed by atoms with Crippen molar-refractivity contribution >= 4 is 62.5 Å². The molecular formula is C24H23BrN2O7S. The molecule has 0 spiro atoms. The van der Waals surface area contributed by atoms with Crippen LogP contribution >= 0.6 is 27.7 Å². The van der Waals surface area contributed by atoms with Gasteiger partial charge in [-0.3, -0.25) is 9.69 Å². The molecule has 1 fully saturated rings. The van der Waals surface area contributed by atoms with E-state index in [1.165, 1.54) is 28.8 Å². The standard InChI is InChI=1S/C24H23BrN2O7S/c1-4-32-18-10-14(9-17(25)21(18)34-13-20(28)33-5-2)11-19-22(29)27(3)24(35-19)26-16-8-6-7-15(12-16)23(30)31/h6-12H,4-5,13H2,1-3H3,(H,30,31). The fraction of sp³-hybridized carbons (Fsp3) is 0.250. The van der Waals surface area contributed by atoms with E-state index in [0.717, 1.165) is 0 Å². The van der Waals surface area contributed by atoms with Gasteiger partial charge in [-0.2, -0.15) is 0 Å². The Hall–Kier alpha value is -3.31. The Morgan fingerprint density at radius 2 is 1.94 bits per heavy atom. The third kappa shape index (κ3) is 6.64. The number of amides is 1. The molecule has 0 aromatic heterocycles. The summed E-state index contributed by atoms with van der Waals surface area (Å²) < 4.78 is 16.7. The van der Waals surface area contributed by atoms with E-state index < -0.39 is 11.9 Å². The predicted octanol–water partition coefficient (Wildman–Crippen LogP) is 4.72. The van der Waals surface area contributed by atoms with Gasteiger partial charge in [0.05, 0.1) is 33.8 Å². The minimum Gasteiger partial charge on any atom is -0.490 e. The van der Waals surface area contributed by atoms with E-state index in [0.29, 0.717) is 43.9 Å². The summed E-state index contributed by atoms with van der Waals surface area (Å²) in [4.78, 5) is 42.0. The van der Waals surface area contributed by atoms with Gasteiger partial charge in [-0.05, 0) is 83.5 Å². The van der Waals surface area contributed by atoms with Crippen molar-refractivity contribution in [3.63, 3.8) is 0 Å². The highest BCUT2D eigenvalue weighted by atomic mass is 79.9. The minimum absolute atomic E-state index is 0.109. The van der Waals surface area contributed by atoms with Crippen LogP contribution in [0.4, 0.5) is 5.69 Å². The van der Waals surface area contributed by atoms with E-state index in [-0.39, 0.29) is 24.7 Å². The van der Waals surface area contributed by atoms with Crippen LogP contribution in [0.5, 0.6) is 11.5 Å². The first-order valence-corrected chi connectivity index (χ1v) is 12.2. The Bertz CT molecular complexity index is 1210. The van der Waals surface area contributed by atoms with E-state index in [1.54, 1.807) is 44.3 Å². The number of thioether (sulfide) groups is 1. The molecule has 35 heavy (non-hydrogen) atoms. The summed E-state index contributed by atoms with van der Waals surface area (Å²) in [5.74, 6) is -1.04. The second kappa shape index (κ2) is 11.9. The molecule has 1 aliphatic rings. The van der Waals surface area contributed by atoms with Gasteiger partial charge < -0.3 is 19.3 Å². The Balaban J connectivity index is 1.88. The van der Waals surface area contributed by atoms with Crippen molar-refractivity contribution in [1.29, 1.82) is 0 Å². The second-order valence-corrected chi connectivity index (χ2v) is 8.94. The Morgan fingerprint density at radius 3 is 2.63 bits per heavy atom. The van der Waals surface area contributed by atoms with Gasteiger partial charge in [-0.1, -0.05) is 6.07 Å². The van der Waals surface area contributed by atoms with Crippen molar-refractivity contribution in [2.24, 2.45) is 4.99 Å². The summed E-state index contributed by atoms with van der Waals surface area (Å²) in [5.41, 5.74) is 1.21. The molecule has 3 rings (SSSR count). The molecule has 184 valence electrons. The van der Waals surface area contributed by atoms with Gasteiger partial charge >= 0.3 is 11.9 Å². The van der Waals surface area contributed by atoms with Gasteiger partial charge in [0, 0.05) is 7.05 Å². The predicted molar refractivity (Wildman–Crippen MR) is 136 cm³/mol. The number of amidine groups is 1. The molecule has 1 aliphatic heterocycles. The number of hydrogen-bond donors (Lipinski definition) is 1. The number of ether oxygens (including phenoxy) is 3. The molecule has 1 amide bonds. The molecule has 0 saturated carbocycles. The quantitative estimate of drug-likeness (QED) is 0.344. The summed E-state index contributed by atoms with van der Waals surface area (Å²) in [6.45, 7) is 3.89. The second-order valence-electron chi connectivity index (χ2n) is 7.08. The lowest BCUT2D eigenvalue weighted by Gasteiger charge is -2.14. The van der Waals surface area contributed by atoms with Crippen LogP contribution < -0.4 is 9.47 Å². The number of carbonyl (C=O) groups excluding carboxylic acids is 2. The number of hydrogen-bond acceptors (Lipinski definition) is 8. The molecule has 0 unspecified atom stereocenters. The number of nitrogens with zero attached hydrogens (tertiary/aromatic N) is 2. The zero-order valence-electron chi connectivity index (χ0n) is 19.2. The third-order valence-electron chi connectivity index (χ3n) is 4.59. The summed E-state index contributed by atoms with van der Waals surface area (Å²) in [6, 6.07) is 9.63. The van der Waals surface area contributed by atoms with Gasteiger partial charge in [0.25, 0.3) is 5.91 Å². The van der Waals surface area contributed by atoms with Crippen molar-refractivity contribution in [3.8, 4) is 11.5 Å². The lowest BCUT2D eigenvalue weighted by molar-refractivity contribution is -0.145. The number of aliphatic imine (C=N–C) groups is 1. The highest BCUT2D eigenvalue weighted by Gasteiger charge is 2.30. The number of carboxylic acid groups (broad SMARTS) is 1. The first-order valence-electron chi connectivity index (χ1n) is 10.6. The van der Waals surface area contributed by atoms with Gasteiger partial charge in [0.1, 0.15) is 0 Å². The largest absolute Gasteiger partial charge is 0.490 e. The number of aromatic carboxylic acids is 1. The van der Waals surface area contributed by atoms with Gasteiger partial charge in [0.15, 0.2) is 23.3 Å². The van der Waals surface area contributed by atoms with E-state index in [4.69, 9.17) is 14.2 Å². The summed E-state index contributed by atoms with van der Waals surface area (Å²) >= 11 is 4.62. The van der Waals surface area contributed by atoms with Crippen LogP contribution in [-0.4, -0.2) is 59.9 Å².